The first-order valence-electron chi connectivity index (χ1n) is 7.11. The van der Waals surface area contributed by atoms with E-state index in [2.05, 4.69) is 5.32 Å². The van der Waals surface area contributed by atoms with Gasteiger partial charge in [-0.2, -0.15) is 0 Å². The zero-order valence-electron chi connectivity index (χ0n) is 12.0. The summed E-state index contributed by atoms with van der Waals surface area (Å²) < 4.78 is 5.43. The van der Waals surface area contributed by atoms with Gasteiger partial charge in [0.05, 0.1) is 11.6 Å². The van der Waals surface area contributed by atoms with Gasteiger partial charge in [-0.05, 0) is 31.0 Å². The van der Waals surface area contributed by atoms with Crippen LogP contribution in [0.4, 0.5) is 0 Å². The predicted molar refractivity (Wildman–Crippen MR) is 78.7 cm³/mol. The molecule has 1 aromatic carbocycles. The fourth-order valence-corrected chi connectivity index (χ4v) is 3.05. The first kappa shape index (κ1) is 14.8. The Morgan fingerprint density at radius 1 is 1.36 bits per heavy atom. The average Bonchev–Trinajstić information content (AvgIpc) is 2.77. The van der Waals surface area contributed by atoms with Crippen molar-refractivity contribution in [3.05, 3.63) is 28.3 Å². The molecule has 2 aliphatic rings. The molecule has 0 aliphatic carbocycles. The summed E-state index contributed by atoms with van der Waals surface area (Å²) in [5.41, 5.74) is 1.26. The number of fused-ring (bicyclic) bond motifs is 1. The highest BCUT2D eigenvalue weighted by molar-refractivity contribution is 6.32. The molecule has 1 aromatic rings. The lowest BCUT2D eigenvalue weighted by Gasteiger charge is -2.29. The van der Waals surface area contributed by atoms with Crippen LogP contribution in [0.1, 0.15) is 35.7 Å². The van der Waals surface area contributed by atoms with E-state index in [1.165, 1.54) is 4.90 Å². The van der Waals surface area contributed by atoms with Crippen LogP contribution in [-0.2, 0) is 16.1 Å². The van der Waals surface area contributed by atoms with Crippen LogP contribution in [0.3, 0.4) is 0 Å². The molecule has 1 unspecified atom stereocenters. The minimum absolute atomic E-state index is 0.238. The van der Waals surface area contributed by atoms with Crippen LogP contribution in [-0.4, -0.2) is 35.3 Å². The predicted octanol–water partition coefficient (Wildman–Crippen LogP) is 1.50. The lowest BCUT2D eigenvalue weighted by molar-refractivity contribution is -0.136. The van der Waals surface area contributed by atoms with Gasteiger partial charge in [-0.25, -0.2) is 0 Å². The Kier molecular flexibility index (Phi) is 3.78. The van der Waals surface area contributed by atoms with Crippen LogP contribution in [0, 0.1) is 0 Å². The Morgan fingerprint density at radius 3 is 2.82 bits per heavy atom. The molecule has 3 amide bonds. The van der Waals surface area contributed by atoms with E-state index in [0.717, 1.165) is 5.56 Å². The van der Waals surface area contributed by atoms with Crippen LogP contribution >= 0.6 is 11.6 Å². The molecule has 0 bridgehead atoms. The van der Waals surface area contributed by atoms with Crippen molar-refractivity contribution in [1.82, 2.24) is 10.2 Å². The maximum Gasteiger partial charge on any atom is 0.255 e. The molecule has 0 aromatic heterocycles. The van der Waals surface area contributed by atoms with Crippen LogP contribution in [0.25, 0.3) is 0 Å². The summed E-state index contributed by atoms with van der Waals surface area (Å²) in [5.74, 6) is -0.434. The Labute approximate surface area is 132 Å². The zero-order valence-corrected chi connectivity index (χ0v) is 12.8. The SMILES string of the molecule is CCOc1cc2c(cc1Cl)C(=O)N(C1CCC(=O)NC1=O)C2. The van der Waals surface area contributed by atoms with Crippen LogP contribution in [0.5, 0.6) is 5.75 Å². The molecular weight excluding hydrogens is 308 g/mol. The van der Waals surface area contributed by atoms with E-state index in [-0.39, 0.29) is 18.2 Å². The van der Waals surface area contributed by atoms with Crippen molar-refractivity contribution in [3.63, 3.8) is 0 Å². The van der Waals surface area contributed by atoms with E-state index < -0.39 is 11.9 Å². The molecule has 2 aliphatic heterocycles. The van der Waals surface area contributed by atoms with Crippen molar-refractivity contribution in [1.29, 1.82) is 0 Å². The highest BCUT2D eigenvalue weighted by atomic mass is 35.5. The van der Waals surface area contributed by atoms with E-state index in [4.69, 9.17) is 16.3 Å². The van der Waals surface area contributed by atoms with Crippen molar-refractivity contribution in [2.75, 3.05) is 6.61 Å². The third-order valence-corrected chi connectivity index (χ3v) is 4.17. The lowest BCUT2D eigenvalue weighted by Crippen LogP contribution is -2.52. The highest BCUT2D eigenvalue weighted by Gasteiger charge is 2.39. The topological polar surface area (TPSA) is 75.7 Å². The molecule has 1 atom stereocenters. The quantitative estimate of drug-likeness (QED) is 0.856. The first-order chi connectivity index (χ1) is 10.5. The molecule has 6 nitrogen and oxygen atoms in total. The Hall–Kier alpha value is -2.08. The summed E-state index contributed by atoms with van der Waals surface area (Å²) in [6.45, 7) is 2.64. The summed E-state index contributed by atoms with van der Waals surface area (Å²) in [6.07, 6.45) is 0.581. The second-order valence-corrected chi connectivity index (χ2v) is 5.68. The number of rotatable bonds is 3. The molecule has 116 valence electrons. The minimum atomic E-state index is -0.619. The summed E-state index contributed by atoms with van der Waals surface area (Å²) in [5, 5.41) is 2.65. The monoisotopic (exact) mass is 322 g/mol. The molecule has 2 heterocycles. The number of hydrogen-bond acceptors (Lipinski definition) is 4. The molecule has 1 saturated heterocycles. The maximum atomic E-state index is 12.5. The van der Waals surface area contributed by atoms with Gasteiger partial charge in [0.25, 0.3) is 5.91 Å². The molecule has 7 heteroatoms. The van der Waals surface area contributed by atoms with Crippen LogP contribution in [0.15, 0.2) is 12.1 Å². The van der Waals surface area contributed by atoms with Crippen LogP contribution < -0.4 is 10.1 Å². The molecule has 0 spiro atoms. The fraction of sp³-hybridized carbons (Fsp3) is 0.400. The number of halogens is 1. The van der Waals surface area contributed by atoms with Gasteiger partial charge in [0.1, 0.15) is 11.8 Å². The number of carbonyl (C=O) groups excluding carboxylic acids is 3. The van der Waals surface area contributed by atoms with Crippen molar-refractivity contribution in [2.24, 2.45) is 0 Å². The smallest absolute Gasteiger partial charge is 0.255 e. The van der Waals surface area contributed by atoms with Gasteiger partial charge in [0.2, 0.25) is 11.8 Å². The highest BCUT2D eigenvalue weighted by Crippen LogP contribution is 2.34. The molecule has 3 rings (SSSR count). The van der Waals surface area contributed by atoms with Gasteiger partial charge < -0.3 is 9.64 Å². The Bertz CT molecular complexity index is 674. The van der Waals surface area contributed by atoms with E-state index in [0.29, 0.717) is 35.9 Å². The van der Waals surface area contributed by atoms with Crippen molar-refractivity contribution < 1.29 is 19.1 Å². The van der Waals surface area contributed by atoms with Gasteiger partial charge in [-0.3, -0.25) is 19.7 Å². The van der Waals surface area contributed by atoms with Gasteiger partial charge in [-0.1, -0.05) is 11.6 Å². The molecule has 0 saturated carbocycles. The van der Waals surface area contributed by atoms with Gasteiger partial charge in [0, 0.05) is 18.5 Å². The number of benzene rings is 1. The van der Waals surface area contributed by atoms with Crippen molar-refractivity contribution in [3.8, 4) is 5.75 Å². The number of amides is 3. The number of nitrogens with one attached hydrogen (secondary N) is 1. The number of hydrogen-bond donors (Lipinski definition) is 1. The summed E-state index contributed by atoms with van der Waals surface area (Å²) in [7, 11) is 0. The lowest BCUT2D eigenvalue weighted by atomic mass is 10.0. The third kappa shape index (κ3) is 2.43. The van der Waals surface area contributed by atoms with Crippen molar-refractivity contribution >= 4 is 29.3 Å². The Balaban J connectivity index is 1.87. The number of nitrogens with zero attached hydrogens (tertiary/aromatic N) is 1. The molecule has 1 fully saturated rings. The second-order valence-electron chi connectivity index (χ2n) is 5.27. The van der Waals surface area contributed by atoms with Gasteiger partial charge in [-0.15, -0.1) is 0 Å². The molecule has 22 heavy (non-hydrogen) atoms. The standard InChI is InChI=1S/C15H15ClN2O4/c1-2-22-12-5-8-7-18(15(21)9(8)6-10(12)16)11-3-4-13(19)17-14(11)20/h5-6,11H,2-4,7H2,1H3,(H,17,19,20). The summed E-state index contributed by atoms with van der Waals surface area (Å²) in [4.78, 5) is 37.2. The summed E-state index contributed by atoms with van der Waals surface area (Å²) in [6, 6.07) is 2.70. The van der Waals surface area contributed by atoms with Gasteiger partial charge >= 0.3 is 0 Å². The van der Waals surface area contributed by atoms with Crippen molar-refractivity contribution in [2.45, 2.75) is 32.4 Å². The second kappa shape index (κ2) is 5.61. The number of ether oxygens (including phenoxy) is 1. The zero-order chi connectivity index (χ0) is 15.9. The van der Waals surface area contributed by atoms with E-state index >= 15 is 0 Å². The molecule has 0 radical (unpaired) electrons. The molecular formula is C15H15ClN2O4. The number of piperidine rings is 1. The minimum Gasteiger partial charge on any atom is -0.492 e. The number of carbonyl (C=O) groups is 3. The number of imide groups is 1. The largest absolute Gasteiger partial charge is 0.492 e. The molecule has 1 N–H and O–H groups in total. The van der Waals surface area contributed by atoms with E-state index in [1.54, 1.807) is 12.1 Å². The van der Waals surface area contributed by atoms with Gasteiger partial charge in [0.15, 0.2) is 0 Å². The third-order valence-electron chi connectivity index (χ3n) is 3.88. The van der Waals surface area contributed by atoms with E-state index in [9.17, 15) is 14.4 Å². The fourth-order valence-electron chi connectivity index (χ4n) is 2.83. The summed E-state index contributed by atoms with van der Waals surface area (Å²) >= 11 is 6.11. The maximum absolute atomic E-state index is 12.5. The van der Waals surface area contributed by atoms with Crippen LogP contribution in [0.2, 0.25) is 5.02 Å². The first-order valence-corrected chi connectivity index (χ1v) is 7.49. The normalized spacial score (nSPS) is 20.9. The Morgan fingerprint density at radius 2 is 2.14 bits per heavy atom. The van der Waals surface area contributed by atoms with E-state index in [1.807, 2.05) is 6.92 Å². The average molecular weight is 323 g/mol.